The molecule has 0 aliphatic carbocycles. The van der Waals surface area contributed by atoms with Crippen molar-refractivity contribution in [1.29, 1.82) is 0 Å². The molecule has 120 valence electrons. The molecular weight excluding hydrogens is 294 g/mol. The maximum absolute atomic E-state index is 12.1. The van der Waals surface area contributed by atoms with Gasteiger partial charge in [-0.3, -0.25) is 4.79 Å². The fourth-order valence-electron chi connectivity index (χ4n) is 1.93. The molecule has 23 heavy (non-hydrogen) atoms. The fraction of sp³-hybridized carbons (Fsp3) is 0.222. The van der Waals surface area contributed by atoms with Crippen LogP contribution in [0.25, 0.3) is 0 Å². The molecule has 1 atom stereocenters. The van der Waals surface area contributed by atoms with Crippen LogP contribution in [0, 0.1) is 0 Å². The summed E-state index contributed by atoms with van der Waals surface area (Å²) < 4.78 is 10.5. The predicted octanol–water partition coefficient (Wildman–Crippen LogP) is 3.27. The zero-order valence-corrected chi connectivity index (χ0v) is 13.1. The van der Waals surface area contributed by atoms with Crippen molar-refractivity contribution >= 4 is 17.6 Å². The summed E-state index contributed by atoms with van der Waals surface area (Å²) in [4.78, 5) is 23.8. The number of rotatable bonds is 6. The number of ether oxygens (including phenoxy) is 2. The van der Waals surface area contributed by atoms with Gasteiger partial charge in [-0.15, -0.1) is 0 Å². The van der Waals surface area contributed by atoms with Crippen LogP contribution in [0.5, 0.6) is 5.75 Å². The Morgan fingerprint density at radius 3 is 2.52 bits per heavy atom. The molecule has 5 heteroatoms. The minimum absolute atomic E-state index is 0.266. The third kappa shape index (κ3) is 4.85. The standard InChI is InChI=1S/C18H19NO4/c1-3-22-18(21)14-8-7-11-16(12-14)23-13(2)17(20)19-15-9-5-4-6-10-15/h4-13H,3H2,1-2H3,(H,19,20)/t13-/m1/s1. The van der Waals surface area contributed by atoms with Crippen LogP contribution in [0.1, 0.15) is 24.2 Å². The number of benzene rings is 2. The van der Waals surface area contributed by atoms with Crippen LogP contribution in [0.4, 0.5) is 5.69 Å². The maximum atomic E-state index is 12.1. The van der Waals surface area contributed by atoms with E-state index < -0.39 is 12.1 Å². The van der Waals surface area contributed by atoms with Gasteiger partial charge in [-0.1, -0.05) is 24.3 Å². The van der Waals surface area contributed by atoms with E-state index in [2.05, 4.69) is 5.32 Å². The first-order valence-corrected chi connectivity index (χ1v) is 7.40. The summed E-state index contributed by atoms with van der Waals surface area (Å²) in [5, 5.41) is 2.76. The predicted molar refractivity (Wildman–Crippen MR) is 87.6 cm³/mol. The van der Waals surface area contributed by atoms with Crippen molar-refractivity contribution in [3.8, 4) is 5.75 Å². The first kappa shape index (κ1) is 16.5. The van der Waals surface area contributed by atoms with Gasteiger partial charge in [0.15, 0.2) is 6.10 Å². The van der Waals surface area contributed by atoms with Crippen LogP contribution in [0.3, 0.4) is 0 Å². The summed E-state index contributed by atoms with van der Waals surface area (Å²) in [6, 6.07) is 15.7. The lowest BCUT2D eigenvalue weighted by molar-refractivity contribution is -0.122. The van der Waals surface area contributed by atoms with Crippen molar-refractivity contribution in [2.24, 2.45) is 0 Å². The Morgan fingerprint density at radius 1 is 1.09 bits per heavy atom. The van der Waals surface area contributed by atoms with Gasteiger partial charge in [0.25, 0.3) is 5.91 Å². The molecule has 0 aliphatic heterocycles. The Morgan fingerprint density at radius 2 is 1.83 bits per heavy atom. The molecule has 0 spiro atoms. The molecule has 0 bridgehead atoms. The van der Waals surface area contributed by atoms with Crippen LogP contribution in [-0.2, 0) is 9.53 Å². The SMILES string of the molecule is CCOC(=O)c1cccc(O[C@H](C)C(=O)Nc2ccccc2)c1. The van der Waals surface area contributed by atoms with Crippen LogP contribution >= 0.6 is 0 Å². The zero-order valence-electron chi connectivity index (χ0n) is 13.1. The quantitative estimate of drug-likeness (QED) is 0.831. The first-order valence-electron chi connectivity index (χ1n) is 7.40. The summed E-state index contributed by atoms with van der Waals surface area (Å²) in [6.45, 7) is 3.70. The molecule has 1 N–H and O–H groups in total. The molecule has 0 fully saturated rings. The summed E-state index contributed by atoms with van der Waals surface area (Å²) in [7, 11) is 0. The molecule has 2 rings (SSSR count). The average Bonchev–Trinajstić information content (AvgIpc) is 2.56. The molecule has 0 radical (unpaired) electrons. The van der Waals surface area contributed by atoms with E-state index >= 15 is 0 Å². The zero-order chi connectivity index (χ0) is 16.7. The number of hydrogen-bond acceptors (Lipinski definition) is 4. The summed E-state index contributed by atoms with van der Waals surface area (Å²) in [6.07, 6.45) is -0.701. The van der Waals surface area contributed by atoms with Gasteiger partial charge < -0.3 is 14.8 Å². The molecule has 0 unspecified atom stereocenters. The van der Waals surface area contributed by atoms with Crippen molar-refractivity contribution in [2.75, 3.05) is 11.9 Å². The molecule has 0 saturated carbocycles. The van der Waals surface area contributed by atoms with Gasteiger partial charge in [0.05, 0.1) is 12.2 Å². The third-order valence-corrected chi connectivity index (χ3v) is 3.07. The minimum atomic E-state index is -0.701. The summed E-state index contributed by atoms with van der Waals surface area (Å²) >= 11 is 0. The molecule has 0 aromatic heterocycles. The van der Waals surface area contributed by atoms with Crippen molar-refractivity contribution in [3.63, 3.8) is 0 Å². The lowest BCUT2D eigenvalue weighted by atomic mass is 10.2. The van der Waals surface area contributed by atoms with E-state index in [0.29, 0.717) is 23.6 Å². The third-order valence-electron chi connectivity index (χ3n) is 3.07. The average molecular weight is 313 g/mol. The van der Waals surface area contributed by atoms with Crippen molar-refractivity contribution in [1.82, 2.24) is 0 Å². The van der Waals surface area contributed by atoms with Crippen LogP contribution in [0.2, 0.25) is 0 Å². The number of carbonyl (C=O) groups excluding carboxylic acids is 2. The van der Waals surface area contributed by atoms with Gasteiger partial charge in [-0.25, -0.2) is 4.79 Å². The van der Waals surface area contributed by atoms with E-state index in [0.717, 1.165) is 0 Å². The Bertz CT molecular complexity index is 670. The number of nitrogens with one attached hydrogen (secondary N) is 1. The van der Waals surface area contributed by atoms with Crippen molar-refractivity contribution in [3.05, 3.63) is 60.2 Å². The molecule has 0 aliphatic rings. The highest BCUT2D eigenvalue weighted by molar-refractivity contribution is 5.94. The number of esters is 1. The first-order chi connectivity index (χ1) is 11.1. The molecule has 2 aromatic carbocycles. The summed E-state index contributed by atoms with van der Waals surface area (Å²) in [5.41, 5.74) is 1.09. The van der Waals surface area contributed by atoms with Gasteiger partial charge in [0, 0.05) is 5.69 Å². The Kier molecular flexibility index (Phi) is 5.74. The highest BCUT2D eigenvalue weighted by Crippen LogP contribution is 2.16. The molecule has 2 aromatic rings. The number of para-hydroxylation sites is 1. The molecule has 5 nitrogen and oxygen atoms in total. The molecule has 0 heterocycles. The van der Waals surface area contributed by atoms with E-state index in [1.54, 1.807) is 50.2 Å². The number of hydrogen-bond donors (Lipinski definition) is 1. The lowest BCUT2D eigenvalue weighted by Crippen LogP contribution is -2.30. The largest absolute Gasteiger partial charge is 0.481 e. The van der Waals surface area contributed by atoms with Crippen molar-refractivity contribution < 1.29 is 19.1 Å². The molecular formula is C18H19NO4. The maximum Gasteiger partial charge on any atom is 0.338 e. The van der Waals surface area contributed by atoms with Gasteiger partial charge in [0.1, 0.15) is 5.75 Å². The van der Waals surface area contributed by atoms with Crippen LogP contribution in [0.15, 0.2) is 54.6 Å². The van der Waals surface area contributed by atoms with E-state index in [1.165, 1.54) is 0 Å². The van der Waals surface area contributed by atoms with E-state index in [1.807, 2.05) is 18.2 Å². The Hall–Kier alpha value is -2.82. The Balaban J connectivity index is 1.99. The fourth-order valence-corrected chi connectivity index (χ4v) is 1.93. The monoisotopic (exact) mass is 313 g/mol. The molecule has 0 saturated heterocycles. The van der Waals surface area contributed by atoms with Crippen molar-refractivity contribution in [2.45, 2.75) is 20.0 Å². The van der Waals surface area contributed by atoms with Gasteiger partial charge in [0.2, 0.25) is 0 Å². The van der Waals surface area contributed by atoms with E-state index in [-0.39, 0.29) is 5.91 Å². The van der Waals surface area contributed by atoms with Crippen LogP contribution in [-0.4, -0.2) is 24.6 Å². The van der Waals surface area contributed by atoms with E-state index in [9.17, 15) is 9.59 Å². The van der Waals surface area contributed by atoms with Gasteiger partial charge in [-0.2, -0.15) is 0 Å². The second-order valence-corrected chi connectivity index (χ2v) is 4.86. The number of amides is 1. The number of carbonyl (C=O) groups is 2. The molecule has 1 amide bonds. The highest BCUT2D eigenvalue weighted by atomic mass is 16.5. The Labute approximate surface area is 135 Å². The lowest BCUT2D eigenvalue weighted by Gasteiger charge is -2.15. The summed E-state index contributed by atoms with van der Waals surface area (Å²) in [5.74, 6) is -0.247. The van der Waals surface area contributed by atoms with E-state index in [4.69, 9.17) is 9.47 Å². The van der Waals surface area contributed by atoms with Gasteiger partial charge >= 0.3 is 5.97 Å². The topological polar surface area (TPSA) is 64.6 Å². The second kappa shape index (κ2) is 7.98. The van der Waals surface area contributed by atoms with Gasteiger partial charge in [-0.05, 0) is 44.2 Å². The van der Waals surface area contributed by atoms with Crippen LogP contribution < -0.4 is 10.1 Å². The number of anilines is 1. The normalized spacial score (nSPS) is 11.4. The minimum Gasteiger partial charge on any atom is -0.481 e. The smallest absolute Gasteiger partial charge is 0.338 e. The highest BCUT2D eigenvalue weighted by Gasteiger charge is 2.16. The second-order valence-electron chi connectivity index (χ2n) is 4.86.